The van der Waals surface area contributed by atoms with Crippen molar-refractivity contribution in [2.45, 2.75) is 32.2 Å². The highest BCUT2D eigenvalue weighted by Crippen LogP contribution is 2.32. The fraction of sp³-hybridized carbons (Fsp3) is 0.333. The van der Waals surface area contributed by atoms with Crippen LogP contribution in [0.5, 0.6) is 11.6 Å². The molecule has 1 aromatic carbocycles. The van der Waals surface area contributed by atoms with E-state index in [0.29, 0.717) is 23.9 Å². The topological polar surface area (TPSA) is 73.1 Å². The lowest BCUT2D eigenvalue weighted by atomic mass is 10.0. The van der Waals surface area contributed by atoms with E-state index in [0.717, 1.165) is 30.7 Å². The van der Waals surface area contributed by atoms with Crippen LogP contribution in [-0.2, 0) is 7.05 Å². The minimum Gasteiger partial charge on any atom is -0.439 e. The number of hydrogen-bond donors (Lipinski definition) is 0. The fourth-order valence-corrected chi connectivity index (χ4v) is 3.55. The van der Waals surface area contributed by atoms with Crippen LogP contribution in [0.4, 0.5) is 0 Å². The summed E-state index contributed by atoms with van der Waals surface area (Å²) in [5.74, 6) is 1.80. The highest BCUT2D eigenvalue weighted by molar-refractivity contribution is 5.92. The maximum absolute atomic E-state index is 13.1. The van der Waals surface area contributed by atoms with Crippen LogP contribution >= 0.6 is 0 Å². The summed E-state index contributed by atoms with van der Waals surface area (Å²) in [6.45, 7) is 2.60. The van der Waals surface area contributed by atoms with Gasteiger partial charge in [0.15, 0.2) is 5.82 Å². The number of piperidine rings is 1. The molecule has 1 aliphatic rings. The minimum absolute atomic E-state index is 0.0414. The summed E-state index contributed by atoms with van der Waals surface area (Å²) in [7, 11) is 1.78. The van der Waals surface area contributed by atoms with Gasteiger partial charge in [0.05, 0.1) is 6.04 Å². The van der Waals surface area contributed by atoms with Crippen molar-refractivity contribution in [3.8, 4) is 11.6 Å². The molecule has 28 heavy (non-hydrogen) atoms. The first-order valence-electron chi connectivity index (χ1n) is 9.49. The van der Waals surface area contributed by atoms with Crippen molar-refractivity contribution in [3.63, 3.8) is 0 Å². The molecular weight excluding hydrogens is 354 g/mol. The molecule has 144 valence electrons. The summed E-state index contributed by atoms with van der Waals surface area (Å²) >= 11 is 0. The van der Waals surface area contributed by atoms with Gasteiger partial charge in [0.25, 0.3) is 5.91 Å². The molecule has 1 aliphatic heterocycles. The molecule has 7 heteroatoms. The third kappa shape index (κ3) is 3.74. The molecule has 1 unspecified atom stereocenters. The molecule has 0 aliphatic carbocycles. The van der Waals surface area contributed by atoms with Gasteiger partial charge >= 0.3 is 0 Å². The normalized spacial score (nSPS) is 16.8. The molecule has 0 N–H and O–H groups in total. The van der Waals surface area contributed by atoms with Crippen molar-refractivity contribution >= 4 is 5.91 Å². The van der Waals surface area contributed by atoms with Gasteiger partial charge in [-0.25, -0.2) is 4.98 Å². The van der Waals surface area contributed by atoms with Gasteiger partial charge in [0, 0.05) is 31.5 Å². The first-order chi connectivity index (χ1) is 13.6. The van der Waals surface area contributed by atoms with Crippen LogP contribution < -0.4 is 4.74 Å². The molecule has 0 spiro atoms. The number of amides is 1. The monoisotopic (exact) mass is 377 g/mol. The van der Waals surface area contributed by atoms with Gasteiger partial charge in [-0.1, -0.05) is 18.2 Å². The second-order valence-electron chi connectivity index (χ2n) is 6.97. The molecule has 1 amide bonds. The maximum Gasteiger partial charge on any atom is 0.272 e. The number of carbonyl (C=O) groups is 1. The van der Waals surface area contributed by atoms with E-state index in [2.05, 4.69) is 15.1 Å². The quantitative estimate of drug-likeness (QED) is 0.693. The van der Waals surface area contributed by atoms with Gasteiger partial charge in [0.2, 0.25) is 5.88 Å². The summed E-state index contributed by atoms with van der Waals surface area (Å²) in [5, 5.41) is 4.12. The van der Waals surface area contributed by atoms with E-state index in [9.17, 15) is 4.79 Å². The van der Waals surface area contributed by atoms with E-state index in [1.807, 2.05) is 48.2 Å². The second kappa shape index (κ2) is 7.80. The number of para-hydroxylation sites is 1. The number of rotatable bonds is 4. The van der Waals surface area contributed by atoms with Crippen LogP contribution in [0.1, 0.15) is 47.3 Å². The Balaban J connectivity index is 1.64. The van der Waals surface area contributed by atoms with Gasteiger partial charge in [-0.15, -0.1) is 0 Å². The zero-order chi connectivity index (χ0) is 19.5. The lowest BCUT2D eigenvalue weighted by molar-refractivity contribution is 0.0587. The molecular formula is C21H23N5O2. The largest absolute Gasteiger partial charge is 0.439 e. The highest BCUT2D eigenvalue weighted by atomic mass is 16.5. The molecule has 1 atom stereocenters. The van der Waals surface area contributed by atoms with Crippen molar-refractivity contribution in [3.05, 3.63) is 65.9 Å². The summed E-state index contributed by atoms with van der Waals surface area (Å²) in [6.07, 6.45) is 4.48. The Hall–Kier alpha value is -3.22. The van der Waals surface area contributed by atoms with Gasteiger partial charge in [0.1, 0.15) is 11.4 Å². The third-order valence-electron chi connectivity index (χ3n) is 4.92. The van der Waals surface area contributed by atoms with Crippen molar-refractivity contribution < 1.29 is 9.53 Å². The predicted octanol–water partition coefficient (Wildman–Crippen LogP) is 3.68. The van der Waals surface area contributed by atoms with Gasteiger partial charge in [-0.3, -0.25) is 9.48 Å². The lowest BCUT2D eigenvalue weighted by Gasteiger charge is -2.34. The summed E-state index contributed by atoms with van der Waals surface area (Å²) in [6, 6.07) is 12.9. The Bertz CT molecular complexity index is 970. The summed E-state index contributed by atoms with van der Waals surface area (Å²) in [4.78, 5) is 24.2. The maximum atomic E-state index is 13.1. The van der Waals surface area contributed by atoms with Crippen LogP contribution in [0.25, 0.3) is 0 Å². The molecule has 0 radical (unpaired) electrons. The number of nitrogens with zero attached hydrogens (tertiary/aromatic N) is 5. The Labute approximate surface area is 164 Å². The number of aryl methyl sites for hydroxylation is 2. The first-order valence-corrected chi connectivity index (χ1v) is 9.49. The number of carbonyl (C=O) groups excluding carboxylic acids is 1. The van der Waals surface area contributed by atoms with Crippen LogP contribution in [0, 0.1) is 6.92 Å². The Kier molecular flexibility index (Phi) is 5.06. The van der Waals surface area contributed by atoms with Gasteiger partial charge in [-0.05, 0) is 44.4 Å². The number of aromatic nitrogens is 4. The summed E-state index contributed by atoms with van der Waals surface area (Å²) < 4.78 is 7.52. The first kappa shape index (κ1) is 18.2. The molecule has 0 bridgehead atoms. The second-order valence-corrected chi connectivity index (χ2v) is 6.97. The van der Waals surface area contributed by atoms with E-state index >= 15 is 0 Å². The van der Waals surface area contributed by atoms with Crippen molar-refractivity contribution in [2.24, 2.45) is 7.05 Å². The van der Waals surface area contributed by atoms with Crippen molar-refractivity contribution in [1.29, 1.82) is 0 Å². The Morgan fingerprint density at radius 1 is 1.14 bits per heavy atom. The van der Waals surface area contributed by atoms with E-state index < -0.39 is 0 Å². The van der Waals surface area contributed by atoms with E-state index in [-0.39, 0.29) is 11.9 Å². The minimum atomic E-state index is -0.172. The molecule has 1 fully saturated rings. The van der Waals surface area contributed by atoms with Crippen molar-refractivity contribution in [1.82, 2.24) is 24.6 Å². The molecule has 3 heterocycles. The number of benzene rings is 1. The van der Waals surface area contributed by atoms with E-state index in [1.54, 1.807) is 24.0 Å². The molecule has 3 aromatic rings. The zero-order valence-electron chi connectivity index (χ0n) is 16.1. The standard InChI is InChI=1S/C21H23N5O2/c1-15-14-19(28-16-8-4-3-5-9-16)24-20(23-15)17-10-6-7-13-26(17)21(27)18-11-12-22-25(18)2/h3-5,8-9,11-12,14,17H,6-7,10,13H2,1-2H3. The van der Waals surface area contributed by atoms with Crippen LogP contribution in [0.15, 0.2) is 48.7 Å². The molecule has 0 saturated carbocycles. The Morgan fingerprint density at radius 3 is 2.71 bits per heavy atom. The SMILES string of the molecule is Cc1cc(Oc2ccccc2)nc(C2CCCCN2C(=O)c2ccnn2C)n1. The number of hydrogen-bond acceptors (Lipinski definition) is 5. The van der Waals surface area contributed by atoms with Crippen LogP contribution in [-0.4, -0.2) is 37.1 Å². The fourth-order valence-electron chi connectivity index (χ4n) is 3.55. The molecule has 4 rings (SSSR count). The van der Waals surface area contributed by atoms with Crippen LogP contribution in [0.2, 0.25) is 0 Å². The number of ether oxygens (including phenoxy) is 1. The molecule has 2 aromatic heterocycles. The average Bonchev–Trinajstić information content (AvgIpc) is 3.13. The third-order valence-corrected chi connectivity index (χ3v) is 4.92. The average molecular weight is 377 g/mol. The van der Waals surface area contributed by atoms with Gasteiger partial charge < -0.3 is 9.64 Å². The van der Waals surface area contributed by atoms with E-state index in [4.69, 9.17) is 4.74 Å². The molecule has 1 saturated heterocycles. The van der Waals surface area contributed by atoms with Crippen LogP contribution in [0.3, 0.4) is 0 Å². The smallest absolute Gasteiger partial charge is 0.272 e. The van der Waals surface area contributed by atoms with Crippen molar-refractivity contribution in [2.75, 3.05) is 6.54 Å². The zero-order valence-corrected chi connectivity index (χ0v) is 16.1. The van der Waals surface area contributed by atoms with Gasteiger partial charge in [-0.2, -0.15) is 10.1 Å². The van der Waals surface area contributed by atoms with E-state index in [1.165, 1.54) is 0 Å². The Morgan fingerprint density at radius 2 is 1.96 bits per heavy atom. The lowest BCUT2D eigenvalue weighted by Crippen LogP contribution is -2.40. The predicted molar refractivity (Wildman–Crippen MR) is 104 cm³/mol. The number of likely N-dealkylation sites (tertiary alicyclic amines) is 1. The highest BCUT2D eigenvalue weighted by Gasteiger charge is 2.32. The molecule has 7 nitrogen and oxygen atoms in total. The summed E-state index contributed by atoms with van der Waals surface area (Å²) in [5.41, 5.74) is 1.38.